The minimum absolute atomic E-state index is 0.0608. The number of rotatable bonds is 3. The van der Waals surface area contributed by atoms with Crippen LogP contribution < -0.4 is 5.32 Å². The minimum atomic E-state index is -4.88. The summed E-state index contributed by atoms with van der Waals surface area (Å²) in [7, 11) is 0. The molecule has 0 atom stereocenters. The van der Waals surface area contributed by atoms with Crippen LogP contribution >= 0.6 is 0 Å². The van der Waals surface area contributed by atoms with Crippen molar-refractivity contribution in [3.05, 3.63) is 33.6 Å². The summed E-state index contributed by atoms with van der Waals surface area (Å²) in [5.41, 5.74) is -3.68. The summed E-state index contributed by atoms with van der Waals surface area (Å²) in [5, 5.41) is 12.0. The number of carbonyl (C=O) groups is 1. The molecule has 0 unspecified atom stereocenters. The summed E-state index contributed by atoms with van der Waals surface area (Å²) in [6.45, 7) is 0. The van der Waals surface area contributed by atoms with Gasteiger partial charge in [0.1, 0.15) is 0 Å². The normalized spacial score (nSPS) is 11.1. The monoisotopic (exact) mass is 252 g/mol. The van der Waals surface area contributed by atoms with Gasteiger partial charge in [0.25, 0.3) is 0 Å². The number of nitrogens with zero attached hydrogens (tertiary/aromatic N) is 1. The third-order valence-electron chi connectivity index (χ3n) is 1.79. The lowest BCUT2D eigenvalue weighted by Gasteiger charge is -2.09. The SMILES string of the molecule is O=CNc1cc(C(F)(F)F)cc([N+](=O)[O-])c1F. The van der Waals surface area contributed by atoms with Crippen LogP contribution in [-0.4, -0.2) is 11.3 Å². The first-order chi connectivity index (χ1) is 7.77. The summed E-state index contributed by atoms with van der Waals surface area (Å²) in [6.07, 6.45) is -4.96. The van der Waals surface area contributed by atoms with E-state index in [9.17, 15) is 32.5 Å². The van der Waals surface area contributed by atoms with E-state index in [4.69, 9.17) is 0 Å². The highest BCUT2D eigenvalue weighted by Gasteiger charge is 2.34. The maximum atomic E-state index is 13.2. The summed E-state index contributed by atoms with van der Waals surface area (Å²) in [5.74, 6) is -1.53. The highest BCUT2D eigenvalue weighted by atomic mass is 19.4. The molecule has 0 spiro atoms. The van der Waals surface area contributed by atoms with Crippen molar-refractivity contribution in [3.63, 3.8) is 0 Å². The second-order valence-electron chi connectivity index (χ2n) is 2.87. The fourth-order valence-corrected chi connectivity index (χ4v) is 1.07. The lowest BCUT2D eigenvalue weighted by molar-refractivity contribution is -0.387. The van der Waals surface area contributed by atoms with E-state index in [1.807, 2.05) is 0 Å². The van der Waals surface area contributed by atoms with Gasteiger partial charge in [0, 0.05) is 6.07 Å². The molecule has 9 heteroatoms. The smallest absolute Gasteiger partial charge is 0.326 e. The molecule has 92 valence electrons. The molecule has 0 fully saturated rings. The van der Waals surface area contributed by atoms with E-state index < -0.39 is 33.9 Å². The van der Waals surface area contributed by atoms with Crippen LogP contribution in [0.2, 0.25) is 0 Å². The number of alkyl halides is 3. The Morgan fingerprint density at radius 1 is 1.35 bits per heavy atom. The van der Waals surface area contributed by atoms with Crippen molar-refractivity contribution in [2.24, 2.45) is 0 Å². The first-order valence-corrected chi connectivity index (χ1v) is 4.02. The zero-order chi connectivity index (χ0) is 13.2. The van der Waals surface area contributed by atoms with Crippen LogP contribution in [0.1, 0.15) is 5.56 Å². The van der Waals surface area contributed by atoms with Crippen LogP contribution in [0.5, 0.6) is 0 Å². The van der Waals surface area contributed by atoms with Gasteiger partial charge in [0.05, 0.1) is 16.2 Å². The number of hydrogen-bond acceptors (Lipinski definition) is 3. The van der Waals surface area contributed by atoms with E-state index >= 15 is 0 Å². The lowest BCUT2D eigenvalue weighted by atomic mass is 10.1. The second-order valence-corrected chi connectivity index (χ2v) is 2.87. The molecule has 0 saturated carbocycles. The number of carbonyl (C=O) groups excluding carboxylic acids is 1. The highest BCUT2D eigenvalue weighted by Crippen LogP contribution is 2.35. The molecule has 0 aromatic heterocycles. The van der Waals surface area contributed by atoms with Crippen molar-refractivity contribution in [2.45, 2.75) is 6.18 Å². The van der Waals surface area contributed by atoms with Crippen LogP contribution in [-0.2, 0) is 11.0 Å². The molecule has 1 aromatic rings. The zero-order valence-corrected chi connectivity index (χ0v) is 7.92. The first-order valence-electron chi connectivity index (χ1n) is 4.02. The Morgan fingerprint density at radius 3 is 2.35 bits per heavy atom. The Morgan fingerprint density at radius 2 is 1.94 bits per heavy atom. The van der Waals surface area contributed by atoms with Gasteiger partial charge in [0.15, 0.2) is 0 Å². The maximum absolute atomic E-state index is 13.2. The third-order valence-corrected chi connectivity index (χ3v) is 1.79. The van der Waals surface area contributed by atoms with E-state index in [2.05, 4.69) is 0 Å². The summed E-state index contributed by atoms with van der Waals surface area (Å²) in [4.78, 5) is 19.1. The molecule has 0 aliphatic heterocycles. The summed E-state index contributed by atoms with van der Waals surface area (Å²) >= 11 is 0. The van der Waals surface area contributed by atoms with Crippen LogP contribution in [0.3, 0.4) is 0 Å². The van der Waals surface area contributed by atoms with E-state index in [1.165, 1.54) is 0 Å². The number of anilines is 1. The Hall–Kier alpha value is -2.19. The van der Waals surface area contributed by atoms with Crippen molar-refractivity contribution in [1.82, 2.24) is 0 Å². The molecule has 0 heterocycles. The molecular formula is C8H4F4N2O3. The number of nitrogens with one attached hydrogen (secondary N) is 1. The molecule has 0 saturated heterocycles. The molecule has 1 N–H and O–H groups in total. The van der Waals surface area contributed by atoms with Gasteiger partial charge in [-0.1, -0.05) is 0 Å². The van der Waals surface area contributed by atoms with Gasteiger partial charge >= 0.3 is 11.9 Å². The standard InChI is InChI=1S/C8H4F4N2O3/c9-7-5(13-3-15)1-4(8(10,11)12)2-6(7)14(16)17/h1-3H,(H,13,15). The number of halogens is 4. The topological polar surface area (TPSA) is 72.2 Å². The molecule has 0 aliphatic rings. The average molecular weight is 252 g/mol. The van der Waals surface area contributed by atoms with Gasteiger partial charge in [-0.3, -0.25) is 14.9 Å². The molecule has 1 amide bonds. The fourth-order valence-electron chi connectivity index (χ4n) is 1.07. The van der Waals surface area contributed by atoms with E-state index in [1.54, 1.807) is 5.32 Å². The molecular weight excluding hydrogens is 248 g/mol. The van der Waals surface area contributed by atoms with E-state index in [0.717, 1.165) is 0 Å². The van der Waals surface area contributed by atoms with E-state index in [-0.39, 0.29) is 18.5 Å². The third kappa shape index (κ3) is 2.68. The number of nitro benzene ring substituents is 1. The Bertz CT molecular complexity index is 473. The van der Waals surface area contributed by atoms with Crippen LogP contribution in [0.25, 0.3) is 0 Å². The largest absolute Gasteiger partial charge is 0.416 e. The fraction of sp³-hybridized carbons (Fsp3) is 0.125. The first kappa shape index (κ1) is 12.9. The summed E-state index contributed by atoms with van der Waals surface area (Å²) < 4.78 is 50.2. The Labute approximate surface area is 91.2 Å². The summed E-state index contributed by atoms with van der Waals surface area (Å²) in [6, 6.07) is 0.335. The number of nitro groups is 1. The quantitative estimate of drug-likeness (QED) is 0.388. The predicted molar refractivity (Wildman–Crippen MR) is 47.7 cm³/mol. The Kier molecular flexibility index (Phi) is 3.30. The van der Waals surface area contributed by atoms with Crippen molar-refractivity contribution in [1.29, 1.82) is 0 Å². The molecule has 17 heavy (non-hydrogen) atoms. The van der Waals surface area contributed by atoms with Crippen LogP contribution in [0.4, 0.5) is 28.9 Å². The molecule has 0 radical (unpaired) electrons. The molecule has 0 bridgehead atoms. The molecule has 5 nitrogen and oxygen atoms in total. The number of hydrogen-bond donors (Lipinski definition) is 1. The van der Waals surface area contributed by atoms with Crippen molar-refractivity contribution in [2.75, 3.05) is 5.32 Å². The maximum Gasteiger partial charge on any atom is 0.416 e. The second kappa shape index (κ2) is 4.36. The van der Waals surface area contributed by atoms with Gasteiger partial charge in [-0.05, 0) is 6.07 Å². The molecule has 1 aromatic carbocycles. The minimum Gasteiger partial charge on any atom is -0.326 e. The van der Waals surface area contributed by atoms with Crippen LogP contribution in [0.15, 0.2) is 12.1 Å². The highest BCUT2D eigenvalue weighted by molar-refractivity contribution is 5.73. The van der Waals surface area contributed by atoms with Gasteiger partial charge in [-0.2, -0.15) is 17.6 Å². The Balaban J connectivity index is 3.47. The van der Waals surface area contributed by atoms with Gasteiger partial charge < -0.3 is 5.32 Å². The predicted octanol–water partition coefficient (Wildman–Crippen LogP) is 2.32. The zero-order valence-electron chi connectivity index (χ0n) is 7.92. The van der Waals surface area contributed by atoms with Gasteiger partial charge in [-0.15, -0.1) is 0 Å². The van der Waals surface area contributed by atoms with Gasteiger partial charge in [-0.25, -0.2) is 0 Å². The lowest BCUT2D eigenvalue weighted by Crippen LogP contribution is -2.09. The average Bonchev–Trinajstić information content (AvgIpc) is 2.19. The number of amides is 1. The van der Waals surface area contributed by atoms with Crippen LogP contribution in [0, 0.1) is 15.9 Å². The van der Waals surface area contributed by atoms with Crippen molar-refractivity contribution < 1.29 is 27.3 Å². The van der Waals surface area contributed by atoms with Gasteiger partial charge in [0.2, 0.25) is 12.2 Å². The van der Waals surface area contributed by atoms with Crippen molar-refractivity contribution in [3.8, 4) is 0 Å². The van der Waals surface area contributed by atoms with E-state index in [0.29, 0.717) is 0 Å². The number of benzene rings is 1. The molecule has 0 aliphatic carbocycles. The molecule has 1 rings (SSSR count). The van der Waals surface area contributed by atoms with Crippen molar-refractivity contribution >= 4 is 17.8 Å².